The number of hydrogen-bond donors (Lipinski definition) is 1. The molecule has 0 aliphatic carbocycles. The SMILES string of the molecule is CN=C(NCc1nncn1-c1ccccc1)N(C)Cc1ccc(OC)cc1OC.I. The van der Waals surface area contributed by atoms with Crippen molar-refractivity contribution in [1.29, 1.82) is 0 Å². The number of methoxy groups -OCH3 is 2. The van der Waals surface area contributed by atoms with E-state index < -0.39 is 0 Å². The van der Waals surface area contributed by atoms with Crippen LogP contribution in [-0.2, 0) is 13.1 Å². The van der Waals surface area contributed by atoms with Gasteiger partial charge in [0.15, 0.2) is 11.8 Å². The lowest BCUT2D eigenvalue weighted by molar-refractivity contribution is 0.382. The van der Waals surface area contributed by atoms with E-state index >= 15 is 0 Å². The van der Waals surface area contributed by atoms with Crippen molar-refractivity contribution in [2.45, 2.75) is 13.1 Å². The minimum absolute atomic E-state index is 0. The van der Waals surface area contributed by atoms with Crippen LogP contribution >= 0.6 is 24.0 Å². The maximum absolute atomic E-state index is 5.50. The topological polar surface area (TPSA) is 76.8 Å². The van der Waals surface area contributed by atoms with Gasteiger partial charge in [0.05, 0.1) is 20.8 Å². The minimum Gasteiger partial charge on any atom is -0.497 e. The van der Waals surface area contributed by atoms with Gasteiger partial charge in [0.2, 0.25) is 0 Å². The lowest BCUT2D eigenvalue weighted by atomic mass is 10.2. The average molecular weight is 522 g/mol. The quantitative estimate of drug-likeness (QED) is 0.292. The minimum atomic E-state index is 0. The largest absolute Gasteiger partial charge is 0.497 e. The second-order valence-corrected chi connectivity index (χ2v) is 6.39. The lowest BCUT2D eigenvalue weighted by Gasteiger charge is -2.23. The second kappa shape index (κ2) is 11.4. The van der Waals surface area contributed by atoms with Crippen molar-refractivity contribution in [2.24, 2.45) is 4.99 Å². The van der Waals surface area contributed by atoms with Gasteiger partial charge in [-0.15, -0.1) is 34.2 Å². The summed E-state index contributed by atoms with van der Waals surface area (Å²) in [6, 6.07) is 15.8. The first kappa shape index (κ1) is 23.5. The number of ether oxygens (including phenoxy) is 2. The average Bonchev–Trinajstić information content (AvgIpc) is 3.23. The summed E-state index contributed by atoms with van der Waals surface area (Å²) in [5.41, 5.74) is 2.05. The molecule has 1 N–H and O–H groups in total. The van der Waals surface area contributed by atoms with Gasteiger partial charge in [0, 0.05) is 38.0 Å². The summed E-state index contributed by atoms with van der Waals surface area (Å²) >= 11 is 0. The number of aromatic nitrogens is 3. The van der Waals surface area contributed by atoms with Gasteiger partial charge < -0.3 is 19.7 Å². The summed E-state index contributed by atoms with van der Waals surface area (Å²) in [5.74, 6) is 3.07. The summed E-state index contributed by atoms with van der Waals surface area (Å²) in [5, 5.41) is 11.6. The Hall–Kier alpha value is -2.82. The monoisotopic (exact) mass is 522 g/mol. The number of benzene rings is 2. The van der Waals surface area contributed by atoms with Gasteiger partial charge in [-0.2, -0.15) is 0 Å². The number of guanidine groups is 1. The molecule has 160 valence electrons. The van der Waals surface area contributed by atoms with Crippen LogP contribution in [0.1, 0.15) is 11.4 Å². The van der Waals surface area contributed by atoms with E-state index in [1.54, 1.807) is 27.6 Å². The van der Waals surface area contributed by atoms with E-state index in [0.29, 0.717) is 13.1 Å². The van der Waals surface area contributed by atoms with Crippen LogP contribution in [0.5, 0.6) is 11.5 Å². The van der Waals surface area contributed by atoms with E-state index in [1.165, 1.54) is 0 Å². The van der Waals surface area contributed by atoms with E-state index in [9.17, 15) is 0 Å². The van der Waals surface area contributed by atoms with Crippen molar-refractivity contribution in [3.8, 4) is 17.2 Å². The van der Waals surface area contributed by atoms with E-state index in [4.69, 9.17) is 9.47 Å². The predicted octanol–water partition coefficient (Wildman–Crippen LogP) is 3.11. The molecule has 1 aromatic heterocycles. The molecule has 0 spiro atoms. The molecule has 0 aliphatic heterocycles. The molecule has 2 aromatic carbocycles. The predicted molar refractivity (Wildman–Crippen MR) is 128 cm³/mol. The van der Waals surface area contributed by atoms with Gasteiger partial charge in [-0.25, -0.2) is 0 Å². The first-order chi connectivity index (χ1) is 14.2. The molecule has 30 heavy (non-hydrogen) atoms. The summed E-state index contributed by atoms with van der Waals surface area (Å²) in [6.07, 6.45) is 1.71. The highest BCUT2D eigenvalue weighted by Gasteiger charge is 2.13. The van der Waals surface area contributed by atoms with Gasteiger partial charge in [0.1, 0.15) is 17.8 Å². The molecule has 3 rings (SSSR count). The highest BCUT2D eigenvalue weighted by molar-refractivity contribution is 14.0. The van der Waals surface area contributed by atoms with Crippen LogP contribution in [0.2, 0.25) is 0 Å². The molecule has 0 unspecified atom stereocenters. The Morgan fingerprint density at radius 3 is 2.57 bits per heavy atom. The summed E-state index contributed by atoms with van der Waals surface area (Å²) in [6.45, 7) is 1.11. The summed E-state index contributed by atoms with van der Waals surface area (Å²) in [7, 11) is 7.02. The van der Waals surface area contributed by atoms with E-state index in [2.05, 4.69) is 20.5 Å². The van der Waals surface area contributed by atoms with Crippen LogP contribution < -0.4 is 14.8 Å². The van der Waals surface area contributed by atoms with Crippen LogP contribution in [0.3, 0.4) is 0 Å². The molecule has 1 heterocycles. The van der Waals surface area contributed by atoms with Crippen LogP contribution in [0.15, 0.2) is 59.9 Å². The zero-order valence-electron chi connectivity index (χ0n) is 17.6. The fraction of sp³-hybridized carbons (Fsp3) is 0.286. The summed E-state index contributed by atoms with van der Waals surface area (Å²) < 4.78 is 12.7. The van der Waals surface area contributed by atoms with Crippen LogP contribution in [-0.4, -0.2) is 53.9 Å². The van der Waals surface area contributed by atoms with Crippen molar-refractivity contribution in [3.63, 3.8) is 0 Å². The zero-order valence-corrected chi connectivity index (χ0v) is 19.9. The zero-order chi connectivity index (χ0) is 20.6. The molecule has 8 nitrogen and oxygen atoms in total. The van der Waals surface area contributed by atoms with Crippen LogP contribution in [0, 0.1) is 0 Å². The van der Waals surface area contributed by atoms with E-state index in [1.807, 2.05) is 65.0 Å². The van der Waals surface area contributed by atoms with Crippen LogP contribution in [0.4, 0.5) is 0 Å². The number of hydrogen-bond acceptors (Lipinski definition) is 5. The molecule has 0 radical (unpaired) electrons. The first-order valence-electron chi connectivity index (χ1n) is 9.23. The van der Waals surface area contributed by atoms with Crippen LogP contribution in [0.25, 0.3) is 5.69 Å². The Balaban J connectivity index is 0.00000320. The molecule has 0 saturated carbocycles. The molecule has 9 heteroatoms. The van der Waals surface area contributed by atoms with Gasteiger partial charge in [-0.05, 0) is 24.3 Å². The van der Waals surface area contributed by atoms with Crippen molar-refractivity contribution >= 4 is 29.9 Å². The number of nitrogens with zero attached hydrogens (tertiary/aromatic N) is 5. The van der Waals surface area contributed by atoms with Gasteiger partial charge in [0.25, 0.3) is 0 Å². The highest BCUT2D eigenvalue weighted by atomic mass is 127. The van der Waals surface area contributed by atoms with Crippen molar-refractivity contribution in [3.05, 3.63) is 66.2 Å². The van der Waals surface area contributed by atoms with Gasteiger partial charge in [-0.1, -0.05) is 18.2 Å². The van der Waals surface area contributed by atoms with Crippen molar-refractivity contribution in [2.75, 3.05) is 28.3 Å². The molecule has 0 atom stereocenters. The third-order valence-corrected chi connectivity index (χ3v) is 4.53. The third kappa shape index (κ3) is 5.62. The molecule has 0 bridgehead atoms. The number of aliphatic imine (C=N–C) groups is 1. The Bertz CT molecular complexity index is 961. The lowest BCUT2D eigenvalue weighted by Crippen LogP contribution is -2.38. The Morgan fingerprint density at radius 2 is 1.90 bits per heavy atom. The van der Waals surface area contributed by atoms with Crippen molar-refractivity contribution < 1.29 is 9.47 Å². The Morgan fingerprint density at radius 1 is 1.13 bits per heavy atom. The molecule has 0 fully saturated rings. The fourth-order valence-corrected chi connectivity index (χ4v) is 3.04. The third-order valence-electron chi connectivity index (χ3n) is 4.53. The fourth-order valence-electron chi connectivity index (χ4n) is 3.04. The molecular weight excluding hydrogens is 495 g/mol. The van der Waals surface area contributed by atoms with E-state index in [0.717, 1.165) is 34.5 Å². The van der Waals surface area contributed by atoms with E-state index in [-0.39, 0.29) is 24.0 Å². The Labute approximate surface area is 194 Å². The van der Waals surface area contributed by atoms with Crippen molar-refractivity contribution in [1.82, 2.24) is 25.0 Å². The molecular formula is C21H27IN6O2. The maximum Gasteiger partial charge on any atom is 0.194 e. The maximum atomic E-state index is 5.50. The number of nitrogens with one attached hydrogen (secondary N) is 1. The number of rotatable bonds is 7. The Kier molecular flexibility index (Phi) is 8.90. The molecule has 3 aromatic rings. The molecule has 0 saturated heterocycles. The van der Waals surface area contributed by atoms with Gasteiger partial charge in [-0.3, -0.25) is 9.56 Å². The molecule has 0 aliphatic rings. The summed E-state index contributed by atoms with van der Waals surface area (Å²) in [4.78, 5) is 6.41. The highest BCUT2D eigenvalue weighted by Crippen LogP contribution is 2.25. The number of halogens is 1. The second-order valence-electron chi connectivity index (χ2n) is 6.39. The van der Waals surface area contributed by atoms with Gasteiger partial charge >= 0.3 is 0 Å². The molecule has 0 amide bonds. The smallest absolute Gasteiger partial charge is 0.194 e. The number of para-hydroxylation sites is 1. The normalized spacial score (nSPS) is 10.9. The standard InChI is InChI=1S/C21H26N6O2.HI/c1-22-21(26(2)14-16-10-11-18(28-3)12-19(16)29-4)23-13-20-25-24-15-27(20)17-8-6-5-7-9-17;/h5-12,15H,13-14H2,1-4H3,(H,22,23);1H. The first-order valence-corrected chi connectivity index (χ1v) is 9.23.